The largest absolute Gasteiger partial charge is 0.494 e. The van der Waals surface area contributed by atoms with E-state index in [1.807, 2.05) is 59.2 Å². The summed E-state index contributed by atoms with van der Waals surface area (Å²) in [5, 5.41) is 3.30. The molecule has 1 aromatic heterocycles. The lowest BCUT2D eigenvalue weighted by Crippen LogP contribution is -2.26. The van der Waals surface area contributed by atoms with Crippen molar-refractivity contribution in [1.29, 1.82) is 0 Å². The number of aromatic nitrogens is 2. The van der Waals surface area contributed by atoms with E-state index in [1.54, 1.807) is 14.0 Å². The third kappa shape index (κ3) is 3.59. The van der Waals surface area contributed by atoms with Crippen molar-refractivity contribution >= 4 is 17.5 Å². The van der Waals surface area contributed by atoms with Crippen molar-refractivity contribution in [1.82, 2.24) is 9.55 Å². The van der Waals surface area contributed by atoms with E-state index in [9.17, 15) is 4.79 Å². The van der Waals surface area contributed by atoms with Gasteiger partial charge >= 0.3 is 5.97 Å². The molecule has 0 amide bonds. The molecule has 3 aromatic rings. The Balaban J connectivity index is 2.02. The van der Waals surface area contributed by atoms with Crippen LogP contribution in [0.25, 0.3) is 11.4 Å². The van der Waals surface area contributed by atoms with Gasteiger partial charge in [-0.1, -0.05) is 42.5 Å². The van der Waals surface area contributed by atoms with Crippen LogP contribution in [0, 0.1) is 0 Å². The number of methoxy groups -OCH3 is 1. The maximum absolute atomic E-state index is 12.8. The van der Waals surface area contributed by atoms with Crippen molar-refractivity contribution in [3.63, 3.8) is 0 Å². The van der Waals surface area contributed by atoms with Crippen LogP contribution in [0.1, 0.15) is 17.3 Å². The fourth-order valence-corrected chi connectivity index (χ4v) is 3.37. The van der Waals surface area contributed by atoms with Crippen LogP contribution in [0.2, 0.25) is 0 Å². The van der Waals surface area contributed by atoms with Gasteiger partial charge in [0.2, 0.25) is 0 Å². The highest BCUT2D eigenvalue weighted by Crippen LogP contribution is 2.28. The molecule has 148 valence electrons. The predicted octanol–water partition coefficient (Wildman–Crippen LogP) is 3.39. The molecule has 0 spiro atoms. The number of carbonyl (C=O) groups is 1. The van der Waals surface area contributed by atoms with Crippen LogP contribution in [0.5, 0.6) is 5.75 Å². The lowest BCUT2D eigenvalue weighted by atomic mass is 10.2. The number of nitrogens with one attached hydrogen (secondary N) is 1. The first-order valence-corrected chi connectivity index (χ1v) is 9.52. The molecule has 2 aromatic carbocycles. The normalized spacial score (nSPS) is 13.0. The number of anilines is 1. The highest BCUT2D eigenvalue weighted by Gasteiger charge is 2.26. The maximum atomic E-state index is 12.8. The van der Waals surface area contributed by atoms with Crippen LogP contribution < -0.4 is 15.5 Å². The molecule has 0 atom stereocenters. The first-order chi connectivity index (χ1) is 14.2. The Morgan fingerprint density at radius 1 is 1.17 bits per heavy atom. The Kier molecular flexibility index (Phi) is 5.29. The topological polar surface area (TPSA) is 77.7 Å². The van der Waals surface area contributed by atoms with Gasteiger partial charge in [0.1, 0.15) is 28.6 Å². The molecule has 0 fully saturated rings. The summed E-state index contributed by atoms with van der Waals surface area (Å²) < 4.78 is 12.7. The van der Waals surface area contributed by atoms with E-state index in [0.29, 0.717) is 41.4 Å². The van der Waals surface area contributed by atoms with E-state index in [1.165, 1.54) is 0 Å². The van der Waals surface area contributed by atoms with Crippen molar-refractivity contribution in [2.75, 3.05) is 25.6 Å². The first-order valence-electron chi connectivity index (χ1n) is 9.52. The number of para-hydroxylation sites is 2. The van der Waals surface area contributed by atoms with Gasteiger partial charge in [0, 0.05) is 18.7 Å². The molecule has 1 aliphatic heterocycles. The van der Waals surface area contributed by atoms with Crippen LogP contribution in [-0.2, 0) is 11.3 Å². The molecule has 0 aliphatic carbocycles. The van der Waals surface area contributed by atoms with Gasteiger partial charge in [0.15, 0.2) is 5.49 Å². The first kappa shape index (κ1) is 18.7. The Morgan fingerprint density at radius 3 is 2.69 bits per heavy atom. The Hall–Kier alpha value is -3.61. The number of ether oxygens (including phenoxy) is 2. The second kappa shape index (κ2) is 8.18. The number of fused-ring (bicyclic) bond motifs is 1. The van der Waals surface area contributed by atoms with E-state index in [2.05, 4.69) is 10.3 Å². The Bertz CT molecular complexity index is 1110. The fraction of sp³-hybridized carbons (Fsp3) is 0.227. The summed E-state index contributed by atoms with van der Waals surface area (Å²) in [6.07, 6.45) is 0. The van der Waals surface area contributed by atoms with Crippen molar-refractivity contribution in [2.24, 2.45) is 4.99 Å². The number of hydrogen-bond donors (Lipinski definition) is 1. The molecule has 4 rings (SSSR count). The van der Waals surface area contributed by atoms with E-state index in [-0.39, 0.29) is 6.61 Å². The quantitative estimate of drug-likeness (QED) is 0.676. The molecule has 7 heteroatoms. The standard InChI is InChI=1S/C22H22N4O3/c1-3-29-22(27)18-19(24-16-11-7-8-12-17(16)28-2)25-20(15-9-5-4-6-10-15)26-14-13-23-21(18)26/h4-12,23H,3,13-14H2,1-2H3. The minimum absolute atomic E-state index is 0.271. The lowest BCUT2D eigenvalue weighted by Gasteiger charge is -2.15. The summed E-state index contributed by atoms with van der Waals surface area (Å²) in [6.45, 7) is 3.45. The van der Waals surface area contributed by atoms with Crippen LogP contribution in [0.15, 0.2) is 59.6 Å². The highest BCUT2D eigenvalue weighted by atomic mass is 16.5. The second-order valence-corrected chi connectivity index (χ2v) is 6.43. The molecule has 29 heavy (non-hydrogen) atoms. The van der Waals surface area contributed by atoms with Gasteiger partial charge in [-0.15, -0.1) is 0 Å². The maximum Gasteiger partial charge on any atom is 0.345 e. The lowest BCUT2D eigenvalue weighted by molar-refractivity contribution is 0.0524. The van der Waals surface area contributed by atoms with Gasteiger partial charge < -0.3 is 19.4 Å². The number of nitrogens with zero attached hydrogens (tertiary/aromatic N) is 3. The Labute approximate surface area is 168 Å². The molecule has 0 saturated heterocycles. The third-order valence-electron chi connectivity index (χ3n) is 4.65. The van der Waals surface area contributed by atoms with Gasteiger partial charge in [-0.3, -0.25) is 0 Å². The predicted molar refractivity (Wildman–Crippen MR) is 110 cm³/mol. The smallest absolute Gasteiger partial charge is 0.345 e. The average molecular weight is 390 g/mol. The van der Waals surface area contributed by atoms with Crippen LogP contribution in [0.4, 0.5) is 11.5 Å². The SMILES string of the molecule is CCOC(=O)c1c2n(c(-c3ccccc3)nc1=Nc1ccccc1OC)CCN2. The molecular weight excluding hydrogens is 368 g/mol. The molecule has 0 unspecified atom stereocenters. The van der Waals surface area contributed by atoms with Gasteiger partial charge in [-0.25, -0.2) is 14.8 Å². The number of rotatable bonds is 5. The van der Waals surface area contributed by atoms with Gasteiger partial charge in [0.05, 0.1) is 13.7 Å². The van der Waals surface area contributed by atoms with Crippen molar-refractivity contribution in [3.05, 3.63) is 65.6 Å². The zero-order valence-corrected chi connectivity index (χ0v) is 16.4. The summed E-state index contributed by atoms with van der Waals surface area (Å²) in [6, 6.07) is 17.2. The van der Waals surface area contributed by atoms with Crippen molar-refractivity contribution in [3.8, 4) is 17.1 Å². The van der Waals surface area contributed by atoms with Gasteiger partial charge in [-0.05, 0) is 19.1 Å². The molecule has 1 N–H and O–H groups in total. The molecule has 1 aliphatic rings. The number of carbonyl (C=O) groups excluding carboxylic acids is 1. The average Bonchev–Trinajstić information content (AvgIpc) is 3.23. The second-order valence-electron chi connectivity index (χ2n) is 6.43. The third-order valence-corrected chi connectivity index (χ3v) is 4.65. The van der Waals surface area contributed by atoms with E-state index in [4.69, 9.17) is 14.5 Å². The molecule has 0 bridgehead atoms. The van der Waals surface area contributed by atoms with E-state index < -0.39 is 5.97 Å². The Morgan fingerprint density at radius 2 is 1.93 bits per heavy atom. The highest BCUT2D eigenvalue weighted by molar-refractivity contribution is 5.95. The van der Waals surface area contributed by atoms with Crippen LogP contribution in [-0.4, -0.2) is 35.8 Å². The molecule has 7 nitrogen and oxygen atoms in total. The van der Waals surface area contributed by atoms with Crippen molar-refractivity contribution in [2.45, 2.75) is 13.5 Å². The summed E-state index contributed by atoms with van der Waals surface area (Å²) in [5.41, 5.74) is 2.17. The minimum atomic E-state index is -0.452. The van der Waals surface area contributed by atoms with Gasteiger partial charge in [-0.2, -0.15) is 0 Å². The minimum Gasteiger partial charge on any atom is -0.494 e. The summed E-state index contributed by atoms with van der Waals surface area (Å²) in [7, 11) is 1.59. The molecular formula is C22H22N4O3. The number of esters is 1. The van der Waals surface area contributed by atoms with Crippen LogP contribution in [0.3, 0.4) is 0 Å². The molecule has 0 radical (unpaired) electrons. The number of benzene rings is 2. The number of hydrogen-bond acceptors (Lipinski definition) is 6. The summed E-state index contributed by atoms with van der Waals surface area (Å²) in [5.74, 6) is 1.57. The van der Waals surface area contributed by atoms with Crippen LogP contribution >= 0.6 is 0 Å². The summed E-state index contributed by atoms with van der Waals surface area (Å²) >= 11 is 0. The zero-order valence-electron chi connectivity index (χ0n) is 16.4. The molecule has 2 heterocycles. The monoisotopic (exact) mass is 390 g/mol. The van der Waals surface area contributed by atoms with Gasteiger partial charge in [0.25, 0.3) is 0 Å². The van der Waals surface area contributed by atoms with E-state index >= 15 is 0 Å². The molecule has 0 saturated carbocycles. The van der Waals surface area contributed by atoms with E-state index in [0.717, 1.165) is 11.4 Å². The van der Waals surface area contributed by atoms with Crippen molar-refractivity contribution < 1.29 is 14.3 Å². The zero-order chi connectivity index (χ0) is 20.2. The fourth-order valence-electron chi connectivity index (χ4n) is 3.37. The summed E-state index contributed by atoms with van der Waals surface area (Å²) in [4.78, 5) is 22.3.